The van der Waals surface area contributed by atoms with Crippen molar-refractivity contribution >= 4 is 23.2 Å². The fourth-order valence-corrected chi connectivity index (χ4v) is 3.64. The molecular formula is C24H23ClN4O3. The number of carbonyl (C=O) groups is 1. The third kappa shape index (κ3) is 4.68. The van der Waals surface area contributed by atoms with Gasteiger partial charge < -0.3 is 14.6 Å². The van der Waals surface area contributed by atoms with Gasteiger partial charge in [-0.25, -0.2) is 0 Å². The van der Waals surface area contributed by atoms with Crippen LogP contribution in [-0.2, 0) is 13.2 Å². The molecule has 2 heterocycles. The molecule has 4 aromatic rings. The lowest BCUT2D eigenvalue weighted by Gasteiger charge is -2.08. The van der Waals surface area contributed by atoms with Gasteiger partial charge in [-0.2, -0.15) is 5.10 Å². The highest BCUT2D eigenvalue weighted by Gasteiger charge is 2.23. The van der Waals surface area contributed by atoms with E-state index in [0.717, 1.165) is 11.3 Å². The smallest absolute Gasteiger partial charge is 0.278 e. The van der Waals surface area contributed by atoms with E-state index in [-0.39, 0.29) is 18.2 Å². The number of nitrogens with zero attached hydrogens (tertiary/aromatic N) is 3. The van der Waals surface area contributed by atoms with Crippen molar-refractivity contribution in [2.24, 2.45) is 0 Å². The van der Waals surface area contributed by atoms with Crippen LogP contribution in [0.4, 0.5) is 5.69 Å². The number of ether oxygens (including phenoxy) is 1. The van der Waals surface area contributed by atoms with Crippen LogP contribution in [-0.4, -0.2) is 20.8 Å². The van der Waals surface area contributed by atoms with Gasteiger partial charge in [-0.3, -0.25) is 9.48 Å². The molecule has 7 nitrogen and oxygen atoms in total. The van der Waals surface area contributed by atoms with Crippen LogP contribution in [0.3, 0.4) is 0 Å². The maximum absolute atomic E-state index is 13.0. The largest absolute Gasteiger partial charge is 0.489 e. The molecule has 0 aliphatic heterocycles. The van der Waals surface area contributed by atoms with E-state index in [9.17, 15) is 4.79 Å². The van der Waals surface area contributed by atoms with Gasteiger partial charge in [0.05, 0.1) is 29.2 Å². The molecule has 0 aliphatic rings. The normalized spacial score (nSPS) is 10.9. The lowest BCUT2D eigenvalue weighted by atomic mass is 10.2. The monoisotopic (exact) mass is 450 g/mol. The molecule has 0 radical (unpaired) electrons. The number of anilines is 1. The zero-order valence-corrected chi connectivity index (χ0v) is 18.8. The summed E-state index contributed by atoms with van der Waals surface area (Å²) < 4.78 is 12.9. The number of carbonyl (C=O) groups excluding carboxylic acids is 1. The number of amides is 1. The van der Waals surface area contributed by atoms with E-state index in [1.54, 1.807) is 6.92 Å². The van der Waals surface area contributed by atoms with Crippen molar-refractivity contribution in [3.05, 3.63) is 93.6 Å². The van der Waals surface area contributed by atoms with Gasteiger partial charge in [0.2, 0.25) is 0 Å². The second kappa shape index (κ2) is 9.28. The van der Waals surface area contributed by atoms with Crippen molar-refractivity contribution in [2.45, 2.75) is 33.9 Å². The van der Waals surface area contributed by atoms with Gasteiger partial charge in [0, 0.05) is 5.02 Å². The predicted octanol–water partition coefficient (Wildman–Crippen LogP) is 5.33. The van der Waals surface area contributed by atoms with Crippen LogP contribution in [0.2, 0.25) is 5.02 Å². The average molecular weight is 451 g/mol. The molecule has 32 heavy (non-hydrogen) atoms. The molecule has 0 unspecified atom stereocenters. The molecule has 8 heteroatoms. The minimum absolute atomic E-state index is 0.175. The zero-order valence-electron chi connectivity index (χ0n) is 18.1. The third-order valence-electron chi connectivity index (χ3n) is 5.17. The molecule has 0 aliphatic carbocycles. The van der Waals surface area contributed by atoms with Crippen LogP contribution in [0.25, 0.3) is 0 Å². The lowest BCUT2D eigenvalue weighted by Crippen LogP contribution is -2.16. The molecule has 164 valence electrons. The highest BCUT2D eigenvalue weighted by atomic mass is 35.5. The molecule has 4 rings (SSSR count). The van der Waals surface area contributed by atoms with E-state index in [1.807, 2.05) is 73.1 Å². The van der Waals surface area contributed by atoms with Crippen LogP contribution < -0.4 is 10.1 Å². The summed E-state index contributed by atoms with van der Waals surface area (Å²) in [7, 11) is 0. The first kappa shape index (κ1) is 21.6. The minimum atomic E-state index is -0.373. The Morgan fingerprint density at radius 3 is 2.66 bits per heavy atom. The first-order chi connectivity index (χ1) is 15.4. The number of nitrogens with one attached hydrogen (secondary N) is 1. The number of hydrogen-bond acceptors (Lipinski definition) is 5. The van der Waals surface area contributed by atoms with Crippen LogP contribution in [0, 0.1) is 20.8 Å². The Balaban J connectivity index is 1.51. The molecule has 0 fully saturated rings. The first-order valence-corrected chi connectivity index (χ1v) is 10.5. The van der Waals surface area contributed by atoms with E-state index in [2.05, 4.69) is 15.6 Å². The zero-order chi connectivity index (χ0) is 22.7. The fraction of sp³-hybridized carbons (Fsp3) is 0.208. The molecular weight excluding hydrogens is 428 g/mol. The molecule has 0 atom stereocenters. The number of para-hydroxylation sites is 1. The van der Waals surface area contributed by atoms with Crippen molar-refractivity contribution in [3.63, 3.8) is 0 Å². The number of aromatic nitrogens is 3. The van der Waals surface area contributed by atoms with Crippen molar-refractivity contribution in [1.29, 1.82) is 0 Å². The van der Waals surface area contributed by atoms with Gasteiger partial charge >= 0.3 is 0 Å². The topological polar surface area (TPSA) is 82.2 Å². The van der Waals surface area contributed by atoms with E-state index in [4.69, 9.17) is 20.9 Å². The molecule has 0 spiro atoms. The highest BCUT2D eigenvalue weighted by molar-refractivity contribution is 6.30. The Labute approximate surface area is 190 Å². The SMILES string of the molecule is Cc1nn(Cc2cccc(Cl)c2)c(C)c1NC(=O)c1noc(C)c1COc1ccccc1. The standard InChI is InChI=1S/C24H23ClN4O3/c1-15-22(16(2)29(27-15)13-18-8-7-9-19(25)12-18)26-24(30)23-21(17(3)32-28-23)14-31-20-10-5-4-6-11-20/h4-12H,13-14H2,1-3H3,(H,26,30). The van der Waals surface area contributed by atoms with Gasteiger partial charge in [0.15, 0.2) is 5.69 Å². The van der Waals surface area contributed by atoms with Crippen LogP contribution in [0.15, 0.2) is 59.1 Å². The molecule has 0 saturated heterocycles. The molecule has 1 N–H and O–H groups in total. The fourth-order valence-electron chi connectivity index (χ4n) is 3.42. The van der Waals surface area contributed by atoms with Gasteiger partial charge in [-0.15, -0.1) is 0 Å². The first-order valence-electron chi connectivity index (χ1n) is 10.1. The summed E-state index contributed by atoms with van der Waals surface area (Å²) in [4.78, 5) is 13.0. The highest BCUT2D eigenvalue weighted by Crippen LogP contribution is 2.24. The summed E-state index contributed by atoms with van der Waals surface area (Å²) in [6, 6.07) is 17.0. The Morgan fingerprint density at radius 2 is 1.91 bits per heavy atom. The summed E-state index contributed by atoms with van der Waals surface area (Å²) in [5.41, 5.74) is 4.01. The summed E-state index contributed by atoms with van der Waals surface area (Å²) in [6.07, 6.45) is 0. The van der Waals surface area contributed by atoms with Gasteiger partial charge in [-0.1, -0.05) is 47.1 Å². The second-order valence-corrected chi connectivity index (χ2v) is 7.89. The van der Waals surface area contributed by atoms with E-state index < -0.39 is 0 Å². The summed E-state index contributed by atoms with van der Waals surface area (Å²) >= 11 is 6.09. The van der Waals surface area contributed by atoms with Crippen LogP contribution >= 0.6 is 11.6 Å². The summed E-state index contributed by atoms with van der Waals surface area (Å²) in [5.74, 6) is 0.867. The van der Waals surface area contributed by atoms with Crippen molar-refractivity contribution < 1.29 is 14.1 Å². The van der Waals surface area contributed by atoms with Gasteiger partial charge in [0.1, 0.15) is 18.1 Å². The quantitative estimate of drug-likeness (QED) is 0.411. The molecule has 1 amide bonds. The Kier molecular flexibility index (Phi) is 6.28. The van der Waals surface area contributed by atoms with E-state index >= 15 is 0 Å². The van der Waals surface area contributed by atoms with Gasteiger partial charge in [0.25, 0.3) is 5.91 Å². The number of hydrogen-bond donors (Lipinski definition) is 1. The third-order valence-corrected chi connectivity index (χ3v) is 5.40. The number of halogens is 1. The Bertz CT molecular complexity index is 1250. The molecule has 2 aromatic heterocycles. The molecule has 2 aromatic carbocycles. The number of rotatable bonds is 7. The Morgan fingerprint density at radius 1 is 1.12 bits per heavy atom. The van der Waals surface area contributed by atoms with E-state index in [0.29, 0.717) is 40.0 Å². The Hall–Kier alpha value is -3.58. The molecule has 0 saturated carbocycles. The predicted molar refractivity (Wildman–Crippen MR) is 122 cm³/mol. The maximum atomic E-state index is 13.0. The second-order valence-electron chi connectivity index (χ2n) is 7.46. The number of aryl methyl sites for hydroxylation is 2. The van der Waals surface area contributed by atoms with E-state index in [1.165, 1.54) is 0 Å². The van der Waals surface area contributed by atoms with Crippen LogP contribution in [0.5, 0.6) is 5.75 Å². The van der Waals surface area contributed by atoms with Crippen molar-refractivity contribution in [3.8, 4) is 5.75 Å². The van der Waals surface area contributed by atoms with Crippen LogP contribution in [0.1, 0.15) is 38.8 Å². The van der Waals surface area contributed by atoms with Crippen molar-refractivity contribution in [1.82, 2.24) is 14.9 Å². The minimum Gasteiger partial charge on any atom is -0.489 e. The lowest BCUT2D eigenvalue weighted by molar-refractivity contribution is 0.101. The number of benzene rings is 2. The van der Waals surface area contributed by atoms with Crippen molar-refractivity contribution in [2.75, 3.05) is 5.32 Å². The average Bonchev–Trinajstić information content (AvgIpc) is 3.27. The molecule has 0 bridgehead atoms. The van der Waals surface area contributed by atoms with Gasteiger partial charge in [-0.05, 0) is 50.6 Å². The summed E-state index contributed by atoms with van der Waals surface area (Å²) in [6.45, 7) is 6.24. The summed E-state index contributed by atoms with van der Waals surface area (Å²) in [5, 5.41) is 12.1. The maximum Gasteiger partial charge on any atom is 0.278 e.